The molecule has 0 aromatic heterocycles. The van der Waals surface area contributed by atoms with Gasteiger partial charge in [-0.05, 0) is 11.8 Å². The van der Waals surface area contributed by atoms with Gasteiger partial charge in [-0.15, -0.1) is 0 Å². The fourth-order valence-electron chi connectivity index (χ4n) is 1.74. The van der Waals surface area contributed by atoms with Gasteiger partial charge in [0.1, 0.15) is 0 Å². The third kappa shape index (κ3) is 1.77. The van der Waals surface area contributed by atoms with E-state index in [2.05, 4.69) is 32.9 Å². The Kier molecular flexibility index (Phi) is 2.51. The summed E-state index contributed by atoms with van der Waals surface area (Å²) in [6.07, 6.45) is 5.82. The highest BCUT2D eigenvalue weighted by Crippen LogP contribution is 2.50. The Morgan fingerprint density at radius 3 is 2.46 bits per heavy atom. The molecule has 0 saturated carbocycles. The molecule has 2 nitrogen and oxygen atoms in total. The van der Waals surface area contributed by atoms with Gasteiger partial charge in [-0.1, -0.05) is 32.9 Å². The molecule has 0 aromatic carbocycles. The molecule has 0 aliphatic heterocycles. The van der Waals surface area contributed by atoms with Crippen molar-refractivity contribution >= 4 is 5.97 Å². The molecule has 13 heavy (non-hydrogen) atoms. The molecule has 1 aliphatic carbocycles. The van der Waals surface area contributed by atoms with E-state index in [1.807, 2.05) is 0 Å². The summed E-state index contributed by atoms with van der Waals surface area (Å²) in [5.74, 6) is -0.123. The van der Waals surface area contributed by atoms with Gasteiger partial charge in [0.05, 0.1) is 13.5 Å². The topological polar surface area (TPSA) is 26.3 Å². The largest absolute Gasteiger partial charge is 0.469 e. The minimum Gasteiger partial charge on any atom is -0.469 e. The lowest BCUT2D eigenvalue weighted by Crippen LogP contribution is -2.32. The quantitative estimate of drug-likeness (QED) is 0.484. The van der Waals surface area contributed by atoms with Gasteiger partial charge in [0.15, 0.2) is 0 Å². The van der Waals surface area contributed by atoms with Gasteiger partial charge in [-0.2, -0.15) is 0 Å². The van der Waals surface area contributed by atoms with Crippen LogP contribution in [0.25, 0.3) is 0 Å². The summed E-state index contributed by atoms with van der Waals surface area (Å²) in [6.45, 7) is 6.50. The number of methoxy groups -OCH3 is 1. The Morgan fingerprint density at radius 1 is 1.46 bits per heavy atom. The maximum atomic E-state index is 11.2. The smallest absolute Gasteiger partial charge is 0.306 e. The van der Waals surface area contributed by atoms with Crippen molar-refractivity contribution in [1.82, 2.24) is 0 Å². The average molecular weight is 182 g/mol. The van der Waals surface area contributed by atoms with Crippen LogP contribution < -0.4 is 0 Å². The summed E-state index contributed by atoms with van der Waals surface area (Å²) in [7, 11) is 1.44. The van der Waals surface area contributed by atoms with E-state index in [0.29, 0.717) is 6.42 Å². The summed E-state index contributed by atoms with van der Waals surface area (Å²) in [4.78, 5) is 11.2. The van der Waals surface area contributed by atoms with Gasteiger partial charge in [0.25, 0.3) is 0 Å². The Bertz CT molecular complexity index is 240. The zero-order valence-corrected chi connectivity index (χ0v) is 8.89. The highest BCUT2D eigenvalue weighted by atomic mass is 16.5. The van der Waals surface area contributed by atoms with E-state index in [9.17, 15) is 4.79 Å². The second-order valence-corrected chi connectivity index (χ2v) is 4.66. The predicted octanol–water partition coefficient (Wildman–Crippen LogP) is 2.54. The lowest BCUT2D eigenvalue weighted by atomic mass is 9.67. The van der Waals surface area contributed by atoms with Crippen molar-refractivity contribution in [3.63, 3.8) is 0 Å². The van der Waals surface area contributed by atoms with Crippen molar-refractivity contribution in [1.29, 1.82) is 0 Å². The third-order valence-electron chi connectivity index (χ3n) is 3.40. The van der Waals surface area contributed by atoms with Crippen molar-refractivity contribution < 1.29 is 9.53 Å². The standard InChI is InChI=1S/C11H18O2/c1-10(2)6-5-7-11(10,3)8-9(12)13-4/h5,7H,6,8H2,1-4H3/t11-/m0/s1. The van der Waals surface area contributed by atoms with Crippen LogP contribution in [0.4, 0.5) is 0 Å². The number of ether oxygens (including phenoxy) is 1. The third-order valence-corrected chi connectivity index (χ3v) is 3.40. The van der Waals surface area contributed by atoms with E-state index >= 15 is 0 Å². The first-order valence-electron chi connectivity index (χ1n) is 4.66. The molecule has 0 spiro atoms. The van der Waals surface area contributed by atoms with Crippen molar-refractivity contribution in [3.8, 4) is 0 Å². The minimum absolute atomic E-state index is 0.0416. The molecule has 0 heterocycles. The number of esters is 1. The van der Waals surface area contributed by atoms with Gasteiger partial charge < -0.3 is 4.74 Å². The van der Waals surface area contributed by atoms with Crippen molar-refractivity contribution in [3.05, 3.63) is 12.2 Å². The molecule has 2 heteroatoms. The highest BCUT2D eigenvalue weighted by Gasteiger charge is 2.43. The number of rotatable bonds is 2. The zero-order valence-electron chi connectivity index (χ0n) is 8.89. The second kappa shape index (κ2) is 3.17. The van der Waals surface area contributed by atoms with Gasteiger partial charge in [-0.25, -0.2) is 0 Å². The van der Waals surface area contributed by atoms with Crippen molar-refractivity contribution in [2.75, 3.05) is 7.11 Å². The molecule has 74 valence electrons. The van der Waals surface area contributed by atoms with E-state index in [-0.39, 0.29) is 16.8 Å². The normalized spacial score (nSPS) is 30.5. The van der Waals surface area contributed by atoms with Crippen LogP contribution >= 0.6 is 0 Å². The monoisotopic (exact) mass is 182 g/mol. The lowest BCUT2D eigenvalue weighted by molar-refractivity contribution is -0.143. The first-order valence-corrected chi connectivity index (χ1v) is 4.66. The Hall–Kier alpha value is -0.790. The SMILES string of the molecule is COC(=O)C[C@]1(C)C=CCC1(C)C. The molecule has 0 amide bonds. The second-order valence-electron chi connectivity index (χ2n) is 4.66. The zero-order chi connectivity index (χ0) is 10.1. The van der Waals surface area contributed by atoms with Gasteiger partial charge in [-0.3, -0.25) is 4.79 Å². The highest BCUT2D eigenvalue weighted by molar-refractivity contribution is 5.70. The van der Waals surface area contributed by atoms with Crippen LogP contribution in [-0.4, -0.2) is 13.1 Å². The Labute approximate surface area is 80.0 Å². The van der Waals surface area contributed by atoms with Crippen LogP contribution in [0, 0.1) is 10.8 Å². The van der Waals surface area contributed by atoms with E-state index in [1.165, 1.54) is 7.11 Å². The Morgan fingerprint density at radius 2 is 2.08 bits per heavy atom. The molecule has 0 unspecified atom stereocenters. The number of hydrogen-bond donors (Lipinski definition) is 0. The van der Waals surface area contributed by atoms with Crippen LogP contribution in [0.3, 0.4) is 0 Å². The summed E-state index contributed by atoms with van der Waals surface area (Å²) >= 11 is 0. The number of carbonyl (C=O) groups is 1. The molecular weight excluding hydrogens is 164 g/mol. The first-order chi connectivity index (χ1) is 5.91. The van der Waals surface area contributed by atoms with E-state index < -0.39 is 0 Å². The van der Waals surface area contributed by atoms with Crippen LogP contribution in [-0.2, 0) is 9.53 Å². The number of carbonyl (C=O) groups excluding carboxylic acids is 1. The summed E-state index contributed by atoms with van der Waals surface area (Å²) < 4.78 is 4.70. The maximum Gasteiger partial charge on any atom is 0.306 e. The molecular formula is C11H18O2. The molecule has 0 aromatic rings. The molecule has 1 rings (SSSR count). The molecule has 0 N–H and O–H groups in total. The lowest BCUT2D eigenvalue weighted by Gasteiger charge is -2.37. The van der Waals surface area contributed by atoms with Crippen molar-refractivity contribution in [2.45, 2.75) is 33.6 Å². The molecule has 0 fully saturated rings. The van der Waals surface area contributed by atoms with Crippen LogP contribution in [0.15, 0.2) is 12.2 Å². The number of allylic oxidation sites excluding steroid dienone is 2. The fraction of sp³-hybridized carbons (Fsp3) is 0.727. The van der Waals surface area contributed by atoms with Crippen LogP contribution in [0.1, 0.15) is 33.6 Å². The Balaban J connectivity index is 2.76. The molecule has 0 radical (unpaired) electrons. The summed E-state index contributed by atoms with van der Waals surface area (Å²) in [5.41, 5.74) is 0.126. The average Bonchev–Trinajstić information content (AvgIpc) is 2.26. The fourth-order valence-corrected chi connectivity index (χ4v) is 1.74. The van der Waals surface area contributed by atoms with Gasteiger partial charge in [0, 0.05) is 5.41 Å². The molecule has 1 atom stereocenters. The van der Waals surface area contributed by atoms with E-state index in [4.69, 9.17) is 4.74 Å². The van der Waals surface area contributed by atoms with Crippen LogP contribution in [0.5, 0.6) is 0 Å². The van der Waals surface area contributed by atoms with E-state index in [0.717, 1.165) is 6.42 Å². The summed E-state index contributed by atoms with van der Waals surface area (Å²) in [5, 5.41) is 0. The predicted molar refractivity (Wildman–Crippen MR) is 52.3 cm³/mol. The first kappa shape index (κ1) is 10.3. The molecule has 1 aliphatic rings. The van der Waals surface area contributed by atoms with E-state index in [1.54, 1.807) is 0 Å². The molecule has 0 bridgehead atoms. The summed E-state index contributed by atoms with van der Waals surface area (Å²) in [6, 6.07) is 0. The maximum absolute atomic E-state index is 11.2. The number of hydrogen-bond acceptors (Lipinski definition) is 2. The van der Waals surface area contributed by atoms with Crippen LogP contribution in [0.2, 0.25) is 0 Å². The van der Waals surface area contributed by atoms with Gasteiger partial charge in [0.2, 0.25) is 0 Å². The minimum atomic E-state index is -0.123. The van der Waals surface area contributed by atoms with Gasteiger partial charge >= 0.3 is 5.97 Å². The molecule has 0 saturated heterocycles. The van der Waals surface area contributed by atoms with Crippen molar-refractivity contribution in [2.24, 2.45) is 10.8 Å².